The van der Waals surface area contributed by atoms with Crippen molar-refractivity contribution in [1.82, 2.24) is 5.32 Å². The molecular formula is C21H24ClN3OS. The van der Waals surface area contributed by atoms with Crippen molar-refractivity contribution in [2.45, 2.75) is 32.2 Å². The first-order valence-corrected chi connectivity index (χ1v) is 10.2. The van der Waals surface area contributed by atoms with Crippen molar-refractivity contribution in [3.63, 3.8) is 0 Å². The van der Waals surface area contributed by atoms with Crippen LogP contribution in [-0.4, -0.2) is 25.3 Å². The molecule has 0 aliphatic carbocycles. The molecule has 4 rings (SSSR count). The van der Waals surface area contributed by atoms with E-state index in [0.717, 1.165) is 12.2 Å². The summed E-state index contributed by atoms with van der Waals surface area (Å²) in [7, 11) is 1.60. The molecule has 0 saturated heterocycles. The maximum atomic E-state index is 6.17. The molecule has 2 heterocycles. The van der Waals surface area contributed by atoms with Gasteiger partial charge in [-0.1, -0.05) is 23.7 Å². The molecule has 0 bridgehead atoms. The van der Waals surface area contributed by atoms with Gasteiger partial charge in [-0.05, 0) is 72.8 Å². The number of thiocarbonyl (C=S) groups is 1. The first-order valence-electron chi connectivity index (χ1n) is 9.42. The van der Waals surface area contributed by atoms with Gasteiger partial charge in [-0.25, -0.2) is 0 Å². The van der Waals surface area contributed by atoms with Gasteiger partial charge in [0, 0.05) is 31.0 Å². The summed E-state index contributed by atoms with van der Waals surface area (Å²) < 4.78 is 5.18. The molecule has 2 aromatic carbocycles. The van der Waals surface area contributed by atoms with Gasteiger partial charge >= 0.3 is 0 Å². The first kappa shape index (κ1) is 18.4. The Morgan fingerprint density at radius 1 is 1.15 bits per heavy atom. The second-order valence-corrected chi connectivity index (χ2v) is 7.93. The molecule has 0 amide bonds. The highest BCUT2D eigenvalue weighted by atomic mass is 35.5. The Kier molecular flexibility index (Phi) is 5.41. The summed E-state index contributed by atoms with van der Waals surface area (Å²) in [6, 6.07) is 10.2. The number of nitrogens with zero attached hydrogens (tertiary/aromatic N) is 1. The predicted octanol–water partition coefficient (Wildman–Crippen LogP) is 4.53. The molecule has 4 nitrogen and oxygen atoms in total. The van der Waals surface area contributed by atoms with Crippen LogP contribution in [0.15, 0.2) is 30.3 Å². The Hall–Kier alpha value is -1.98. The molecule has 0 aromatic heterocycles. The third-order valence-electron chi connectivity index (χ3n) is 5.25. The number of benzene rings is 2. The molecule has 142 valence electrons. The van der Waals surface area contributed by atoms with E-state index in [1.165, 1.54) is 61.2 Å². The minimum atomic E-state index is 0.559. The topological polar surface area (TPSA) is 36.5 Å². The molecule has 0 unspecified atom stereocenters. The van der Waals surface area contributed by atoms with Crippen LogP contribution in [0.25, 0.3) is 0 Å². The van der Waals surface area contributed by atoms with Crippen molar-refractivity contribution < 1.29 is 4.74 Å². The lowest BCUT2D eigenvalue weighted by Crippen LogP contribution is -2.35. The van der Waals surface area contributed by atoms with Crippen LogP contribution < -0.4 is 20.3 Å². The lowest BCUT2D eigenvalue weighted by atomic mass is 9.90. The third-order valence-corrected chi connectivity index (χ3v) is 5.80. The smallest absolute Gasteiger partial charge is 0.171 e. The summed E-state index contributed by atoms with van der Waals surface area (Å²) in [4.78, 5) is 2.56. The molecule has 0 atom stereocenters. The van der Waals surface area contributed by atoms with Crippen molar-refractivity contribution >= 4 is 40.3 Å². The van der Waals surface area contributed by atoms with Crippen LogP contribution in [0.2, 0.25) is 5.02 Å². The second-order valence-electron chi connectivity index (χ2n) is 7.11. The van der Waals surface area contributed by atoms with Gasteiger partial charge in [0.05, 0.1) is 12.1 Å². The summed E-state index contributed by atoms with van der Waals surface area (Å²) in [6.45, 7) is 3.13. The second kappa shape index (κ2) is 7.95. The van der Waals surface area contributed by atoms with Crippen LogP contribution in [0.3, 0.4) is 0 Å². The van der Waals surface area contributed by atoms with Gasteiger partial charge in [0.1, 0.15) is 5.75 Å². The molecule has 0 fully saturated rings. The molecule has 0 radical (unpaired) electrons. The number of nitrogens with one attached hydrogen (secondary N) is 2. The van der Waals surface area contributed by atoms with Crippen LogP contribution in [0.1, 0.15) is 29.5 Å². The summed E-state index contributed by atoms with van der Waals surface area (Å²) in [5.41, 5.74) is 6.64. The summed E-state index contributed by atoms with van der Waals surface area (Å²) in [6.07, 6.45) is 4.86. The quantitative estimate of drug-likeness (QED) is 0.736. The van der Waals surface area contributed by atoms with E-state index >= 15 is 0 Å². The lowest BCUT2D eigenvalue weighted by Gasteiger charge is -2.37. The Morgan fingerprint density at radius 3 is 2.48 bits per heavy atom. The molecular weight excluding hydrogens is 378 g/mol. The van der Waals surface area contributed by atoms with Crippen LogP contribution in [0.4, 0.5) is 11.4 Å². The van der Waals surface area contributed by atoms with E-state index < -0.39 is 0 Å². The van der Waals surface area contributed by atoms with Crippen molar-refractivity contribution in [3.05, 3.63) is 52.0 Å². The Balaban J connectivity index is 1.41. The number of halogens is 1. The summed E-state index contributed by atoms with van der Waals surface area (Å²) in [5.74, 6) is 0.651. The van der Waals surface area contributed by atoms with Crippen molar-refractivity contribution in [1.29, 1.82) is 0 Å². The summed E-state index contributed by atoms with van der Waals surface area (Å²) in [5, 5.41) is 7.65. The van der Waals surface area contributed by atoms with Gasteiger partial charge in [0.25, 0.3) is 0 Å². The number of rotatable bonds is 4. The summed E-state index contributed by atoms with van der Waals surface area (Å²) >= 11 is 11.6. The highest BCUT2D eigenvalue weighted by Gasteiger charge is 2.24. The van der Waals surface area contributed by atoms with Gasteiger partial charge < -0.3 is 20.3 Å². The Bertz CT molecular complexity index is 839. The first-order chi connectivity index (χ1) is 13.1. The number of methoxy groups -OCH3 is 1. The molecule has 27 heavy (non-hydrogen) atoms. The number of ether oxygens (including phenoxy) is 1. The molecule has 2 aliphatic heterocycles. The monoisotopic (exact) mass is 401 g/mol. The van der Waals surface area contributed by atoms with Crippen molar-refractivity contribution in [2.75, 3.05) is 30.4 Å². The van der Waals surface area contributed by atoms with Crippen LogP contribution in [0, 0.1) is 0 Å². The SMILES string of the molecule is COc1ccc(NC(=S)NCc2cc3c4c(c2)CCCN4CCC3)cc1Cl. The van der Waals surface area contributed by atoms with Gasteiger partial charge in [0.2, 0.25) is 0 Å². The van der Waals surface area contributed by atoms with Crippen LogP contribution in [-0.2, 0) is 19.4 Å². The van der Waals surface area contributed by atoms with E-state index in [2.05, 4.69) is 27.7 Å². The normalized spacial score (nSPS) is 15.1. The minimum Gasteiger partial charge on any atom is -0.495 e. The Labute approximate surface area is 170 Å². The average molecular weight is 402 g/mol. The van der Waals surface area contributed by atoms with E-state index in [0.29, 0.717) is 15.9 Å². The zero-order valence-corrected chi connectivity index (χ0v) is 17.1. The maximum Gasteiger partial charge on any atom is 0.171 e. The van der Waals surface area contributed by atoms with Crippen LogP contribution >= 0.6 is 23.8 Å². The van der Waals surface area contributed by atoms with Crippen molar-refractivity contribution in [2.24, 2.45) is 0 Å². The standard InChI is InChI=1S/C21H24ClN3OS/c1-26-19-7-6-17(12-18(19)22)24-21(27)23-13-14-10-15-4-2-8-25-9-3-5-16(11-14)20(15)25/h6-7,10-12H,2-5,8-9,13H2,1H3,(H2,23,24,27). The molecule has 2 aromatic rings. The van der Waals surface area contributed by atoms with Crippen molar-refractivity contribution in [3.8, 4) is 5.75 Å². The maximum absolute atomic E-state index is 6.17. The molecule has 2 N–H and O–H groups in total. The molecule has 0 spiro atoms. The fraction of sp³-hybridized carbons (Fsp3) is 0.381. The highest BCUT2D eigenvalue weighted by molar-refractivity contribution is 7.80. The number of hydrogen-bond acceptors (Lipinski definition) is 3. The molecule has 6 heteroatoms. The zero-order valence-electron chi connectivity index (χ0n) is 15.5. The van der Waals surface area contributed by atoms with Gasteiger partial charge in [-0.15, -0.1) is 0 Å². The van der Waals surface area contributed by atoms with E-state index in [1.807, 2.05) is 18.2 Å². The largest absolute Gasteiger partial charge is 0.495 e. The fourth-order valence-corrected chi connectivity index (χ4v) is 4.53. The zero-order chi connectivity index (χ0) is 18.8. The van der Waals surface area contributed by atoms with E-state index in [4.69, 9.17) is 28.6 Å². The highest BCUT2D eigenvalue weighted by Crippen LogP contribution is 2.36. The average Bonchev–Trinajstić information content (AvgIpc) is 2.67. The van der Waals surface area contributed by atoms with E-state index in [1.54, 1.807) is 7.11 Å². The number of aryl methyl sites for hydroxylation is 2. The fourth-order valence-electron chi connectivity index (χ4n) is 4.08. The van der Waals surface area contributed by atoms with Gasteiger partial charge in [-0.2, -0.15) is 0 Å². The third kappa shape index (κ3) is 3.99. The van der Waals surface area contributed by atoms with Gasteiger partial charge in [0.15, 0.2) is 5.11 Å². The predicted molar refractivity (Wildman–Crippen MR) is 116 cm³/mol. The Morgan fingerprint density at radius 2 is 1.85 bits per heavy atom. The number of hydrogen-bond donors (Lipinski definition) is 2. The van der Waals surface area contributed by atoms with Gasteiger partial charge in [-0.3, -0.25) is 0 Å². The molecule has 2 aliphatic rings. The van der Waals surface area contributed by atoms with Crippen LogP contribution in [0.5, 0.6) is 5.75 Å². The van der Waals surface area contributed by atoms with E-state index in [-0.39, 0.29) is 0 Å². The number of anilines is 2. The minimum absolute atomic E-state index is 0.559. The van der Waals surface area contributed by atoms with E-state index in [9.17, 15) is 0 Å². The lowest BCUT2D eigenvalue weighted by molar-refractivity contribution is 0.415. The molecule has 0 saturated carbocycles.